The summed E-state index contributed by atoms with van der Waals surface area (Å²) in [6.07, 6.45) is 1.94. The van der Waals surface area contributed by atoms with Crippen molar-refractivity contribution < 1.29 is 9.94 Å². The van der Waals surface area contributed by atoms with E-state index < -0.39 is 0 Å². The molecule has 0 radical (unpaired) electrons. The summed E-state index contributed by atoms with van der Waals surface area (Å²) in [6, 6.07) is 0. The fourth-order valence-electron chi connectivity index (χ4n) is 1.35. The number of nitrogens with zero attached hydrogens (tertiary/aromatic N) is 1. The average Bonchev–Trinajstić information content (AvgIpc) is 2.30. The highest BCUT2D eigenvalue weighted by atomic mass is 16.5. The van der Waals surface area contributed by atoms with Gasteiger partial charge < -0.3 is 21.0 Å². The van der Waals surface area contributed by atoms with E-state index in [1.165, 1.54) is 0 Å². The second-order valence-electron chi connectivity index (χ2n) is 5.66. The topological polar surface area (TPSA) is 79.9 Å². The molecule has 0 amide bonds. The van der Waals surface area contributed by atoms with Crippen LogP contribution in [0.5, 0.6) is 0 Å². The molecule has 18 heavy (non-hydrogen) atoms. The molecular formula is C13H29N3O2. The lowest BCUT2D eigenvalue weighted by Gasteiger charge is -2.22. The molecule has 5 nitrogen and oxygen atoms in total. The maximum atomic E-state index is 8.64. The molecule has 0 aliphatic heterocycles. The molecule has 0 spiro atoms. The molecule has 0 heterocycles. The third kappa shape index (κ3) is 8.31. The normalized spacial score (nSPS) is 13.3. The van der Waals surface area contributed by atoms with E-state index in [9.17, 15) is 0 Å². The Labute approximate surface area is 111 Å². The minimum Gasteiger partial charge on any atom is -0.409 e. The zero-order valence-electron chi connectivity index (χ0n) is 12.2. The Morgan fingerprint density at radius 1 is 1.33 bits per heavy atom. The molecule has 0 atom stereocenters. The highest BCUT2D eigenvalue weighted by Gasteiger charge is 2.22. The molecule has 0 aliphatic rings. The van der Waals surface area contributed by atoms with Gasteiger partial charge in [0.1, 0.15) is 5.84 Å². The van der Waals surface area contributed by atoms with Gasteiger partial charge in [0, 0.05) is 18.6 Å². The number of nitrogens with one attached hydrogen (secondary N) is 1. The van der Waals surface area contributed by atoms with Gasteiger partial charge in [-0.05, 0) is 25.3 Å². The van der Waals surface area contributed by atoms with E-state index in [0.29, 0.717) is 5.92 Å². The van der Waals surface area contributed by atoms with Crippen LogP contribution in [0.2, 0.25) is 0 Å². The lowest BCUT2D eigenvalue weighted by molar-refractivity contribution is 0.125. The lowest BCUT2D eigenvalue weighted by atomic mass is 9.88. The molecule has 0 unspecified atom stereocenters. The largest absolute Gasteiger partial charge is 0.409 e. The maximum absolute atomic E-state index is 8.64. The number of hydrogen-bond donors (Lipinski definition) is 3. The van der Waals surface area contributed by atoms with Crippen molar-refractivity contribution in [2.75, 3.05) is 26.3 Å². The van der Waals surface area contributed by atoms with Crippen LogP contribution in [0.25, 0.3) is 0 Å². The smallest absolute Gasteiger partial charge is 0.144 e. The first-order valence-electron chi connectivity index (χ1n) is 6.66. The Morgan fingerprint density at radius 3 is 2.56 bits per heavy atom. The second kappa shape index (κ2) is 9.16. The molecule has 0 aliphatic carbocycles. The molecule has 0 aromatic heterocycles. The highest BCUT2D eigenvalue weighted by Crippen LogP contribution is 2.19. The van der Waals surface area contributed by atoms with E-state index in [2.05, 4.69) is 24.3 Å². The van der Waals surface area contributed by atoms with Crippen molar-refractivity contribution >= 4 is 5.84 Å². The number of rotatable bonds is 10. The van der Waals surface area contributed by atoms with Gasteiger partial charge >= 0.3 is 0 Å². The van der Waals surface area contributed by atoms with Crippen LogP contribution in [0.4, 0.5) is 0 Å². The zero-order valence-corrected chi connectivity index (χ0v) is 12.2. The van der Waals surface area contributed by atoms with E-state index in [4.69, 9.17) is 15.7 Å². The number of hydrogen-bond acceptors (Lipinski definition) is 4. The van der Waals surface area contributed by atoms with Crippen LogP contribution in [0.15, 0.2) is 5.16 Å². The molecule has 5 heteroatoms. The van der Waals surface area contributed by atoms with Crippen LogP contribution >= 0.6 is 0 Å². The first-order chi connectivity index (χ1) is 8.40. The standard InChI is InChI=1S/C13H29N3O2/c1-11(2)5-9-18-10-8-15-7-6-13(3,4)12(14)16-17/h11,15,17H,5-10H2,1-4H3,(H2,14,16). The fourth-order valence-corrected chi connectivity index (χ4v) is 1.35. The van der Waals surface area contributed by atoms with Crippen molar-refractivity contribution in [1.82, 2.24) is 5.32 Å². The summed E-state index contributed by atoms with van der Waals surface area (Å²) in [5.41, 5.74) is 5.33. The van der Waals surface area contributed by atoms with Crippen molar-refractivity contribution in [2.24, 2.45) is 22.2 Å². The van der Waals surface area contributed by atoms with Crippen molar-refractivity contribution in [3.63, 3.8) is 0 Å². The first-order valence-corrected chi connectivity index (χ1v) is 6.66. The van der Waals surface area contributed by atoms with Gasteiger partial charge in [0.2, 0.25) is 0 Å². The van der Waals surface area contributed by atoms with Crippen LogP contribution < -0.4 is 11.1 Å². The monoisotopic (exact) mass is 259 g/mol. The van der Waals surface area contributed by atoms with Crippen LogP contribution in [0, 0.1) is 11.3 Å². The quantitative estimate of drug-likeness (QED) is 0.184. The predicted octanol–water partition coefficient (Wildman–Crippen LogP) is 1.80. The van der Waals surface area contributed by atoms with Gasteiger partial charge in [-0.25, -0.2) is 0 Å². The summed E-state index contributed by atoms with van der Waals surface area (Å²) in [5.74, 6) is 0.969. The molecule has 0 aromatic carbocycles. The van der Waals surface area contributed by atoms with Gasteiger partial charge in [0.25, 0.3) is 0 Å². The van der Waals surface area contributed by atoms with Crippen LogP contribution in [0.3, 0.4) is 0 Å². The summed E-state index contributed by atoms with van der Waals surface area (Å²) in [4.78, 5) is 0. The van der Waals surface area contributed by atoms with Gasteiger partial charge in [-0.15, -0.1) is 0 Å². The molecule has 0 bridgehead atoms. The second-order valence-corrected chi connectivity index (χ2v) is 5.66. The Kier molecular flexibility index (Phi) is 8.75. The van der Waals surface area contributed by atoms with Crippen molar-refractivity contribution in [3.8, 4) is 0 Å². The Morgan fingerprint density at radius 2 is 2.00 bits per heavy atom. The van der Waals surface area contributed by atoms with Crippen molar-refractivity contribution in [1.29, 1.82) is 0 Å². The third-order valence-electron chi connectivity index (χ3n) is 2.99. The SMILES string of the molecule is CC(C)CCOCCNCCC(C)(C)C(N)=NO. The number of amidine groups is 1. The van der Waals surface area contributed by atoms with Gasteiger partial charge in [-0.2, -0.15) is 0 Å². The first kappa shape index (κ1) is 17.2. The van der Waals surface area contributed by atoms with Crippen LogP contribution in [-0.2, 0) is 4.74 Å². The average molecular weight is 259 g/mol. The lowest BCUT2D eigenvalue weighted by Crippen LogP contribution is -2.35. The minimum atomic E-state index is -0.278. The molecule has 4 N–H and O–H groups in total. The van der Waals surface area contributed by atoms with Crippen LogP contribution in [-0.4, -0.2) is 37.3 Å². The number of oxime groups is 1. The number of ether oxygens (including phenoxy) is 1. The van der Waals surface area contributed by atoms with E-state index in [0.717, 1.165) is 39.1 Å². The molecule has 0 aromatic rings. The van der Waals surface area contributed by atoms with Crippen LogP contribution in [0.1, 0.15) is 40.5 Å². The number of nitrogens with two attached hydrogens (primary N) is 1. The molecule has 0 saturated heterocycles. The van der Waals surface area contributed by atoms with E-state index >= 15 is 0 Å². The van der Waals surface area contributed by atoms with E-state index in [-0.39, 0.29) is 11.3 Å². The van der Waals surface area contributed by atoms with E-state index in [1.54, 1.807) is 0 Å². The van der Waals surface area contributed by atoms with Gasteiger partial charge in [-0.3, -0.25) is 0 Å². The highest BCUT2D eigenvalue weighted by molar-refractivity contribution is 5.85. The predicted molar refractivity (Wildman–Crippen MR) is 75.0 cm³/mol. The summed E-state index contributed by atoms with van der Waals surface area (Å²) < 4.78 is 5.49. The Balaban J connectivity index is 3.46. The summed E-state index contributed by atoms with van der Waals surface area (Å²) in [5, 5.41) is 15.0. The molecular weight excluding hydrogens is 230 g/mol. The summed E-state index contributed by atoms with van der Waals surface area (Å²) in [7, 11) is 0. The Bertz CT molecular complexity index is 240. The van der Waals surface area contributed by atoms with E-state index in [1.807, 2.05) is 13.8 Å². The van der Waals surface area contributed by atoms with Gasteiger partial charge in [0.05, 0.1) is 6.61 Å². The summed E-state index contributed by atoms with van der Waals surface area (Å²) in [6.45, 7) is 11.5. The third-order valence-corrected chi connectivity index (χ3v) is 2.99. The minimum absolute atomic E-state index is 0.275. The fraction of sp³-hybridized carbons (Fsp3) is 0.923. The Hall–Kier alpha value is -0.810. The van der Waals surface area contributed by atoms with Crippen molar-refractivity contribution in [3.05, 3.63) is 0 Å². The molecule has 0 rings (SSSR count). The molecule has 0 saturated carbocycles. The maximum Gasteiger partial charge on any atom is 0.144 e. The van der Waals surface area contributed by atoms with Gasteiger partial charge in [-0.1, -0.05) is 32.9 Å². The zero-order chi connectivity index (χ0) is 14.0. The summed E-state index contributed by atoms with van der Waals surface area (Å²) >= 11 is 0. The van der Waals surface area contributed by atoms with Gasteiger partial charge in [0.15, 0.2) is 0 Å². The molecule has 0 fully saturated rings. The van der Waals surface area contributed by atoms with Crippen molar-refractivity contribution in [2.45, 2.75) is 40.5 Å². The molecule has 108 valence electrons.